The molecule has 0 spiro atoms. The highest BCUT2D eigenvalue weighted by molar-refractivity contribution is 7.70. The van der Waals surface area contributed by atoms with Crippen LogP contribution in [-0.4, -0.2) is 47.7 Å². The molecule has 0 saturated heterocycles. The highest BCUT2D eigenvalue weighted by Crippen LogP contribution is 1.85. The molecule has 0 aromatic heterocycles. The van der Waals surface area contributed by atoms with Gasteiger partial charge in [0.1, 0.15) is 0 Å². The van der Waals surface area contributed by atoms with Crippen molar-refractivity contribution >= 4 is 10.9 Å². The first-order chi connectivity index (χ1) is 8.27. The summed E-state index contributed by atoms with van der Waals surface area (Å²) >= 11 is 0. The third-order valence-corrected chi connectivity index (χ3v) is 2.77. The van der Waals surface area contributed by atoms with E-state index in [-0.39, 0.29) is 0 Å². The van der Waals surface area contributed by atoms with Gasteiger partial charge in [-0.15, -0.1) is 0 Å². The largest absolute Gasteiger partial charge is 0.330 e. The minimum Gasteiger partial charge on any atom is -0.330 e. The van der Waals surface area contributed by atoms with Crippen LogP contribution in [0.1, 0.15) is 25.7 Å². The van der Waals surface area contributed by atoms with Gasteiger partial charge in [0, 0.05) is 6.54 Å². The van der Waals surface area contributed by atoms with Crippen LogP contribution in [0.3, 0.4) is 0 Å². The first kappa shape index (κ1) is 16.8. The van der Waals surface area contributed by atoms with Gasteiger partial charge < -0.3 is 16.4 Å². The van der Waals surface area contributed by atoms with Gasteiger partial charge in [-0.2, -0.15) is 0 Å². The van der Waals surface area contributed by atoms with Crippen LogP contribution >= 0.6 is 0 Å². The molecule has 104 valence electrons. The third kappa shape index (κ3) is 15.8. The number of rotatable bonds is 13. The number of hydrogen-bond donors (Lipinski definition) is 5. The van der Waals surface area contributed by atoms with Crippen LogP contribution in [0.25, 0.3) is 0 Å². The lowest BCUT2D eigenvalue weighted by Crippen LogP contribution is -2.23. The minimum absolute atomic E-state index is 0.520. The van der Waals surface area contributed by atoms with E-state index in [0.29, 0.717) is 6.54 Å². The van der Waals surface area contributed by atoms with Crippen LogP contribution in [0.15, 0.2) is 0 Å². The van der Waals surface area contributed by atoms with E-state index in [9.17, 15) is 8.42 Å². The van der Waals surface area contributed by atoms with Gasteiger partial charge in [-0.3, -0.25) is 0 Å². The molecule has 0 aliphatic heterocycles. The van der Waals surface area contributed by atoms with Crippen molar-refractivity contribution < 1.29 is 8.42 Å². The Morgan fingerprint density at radius 1 is 0.765 bits per heavy atom. The predicted molar refractivity (Wildman–Crippen MR) is 71.6 cm³/mol. The second kappa shape index (κ2) is 13.9. The molecule has 0 aromatic carbocycles. The van der Waals surface area contributed by atoms with Crippen molar-refractivity contribution in [3.05, 3.63) is 0 Å². The maximum absolute atomic E-state index is 10.2. The zero-order valence-corrected chi connectivity index (χ0v) is 11.3. The Morgan fingerprint density at radius 3 is 1.82 bits per heavy atom. The summed E-state index contributed by atoms with van der Waals surface area (Å²) in [7, 11) is -2.43. The summed E-state index contributed by atoms with van der Waals surface area (Å²) in [6.45, 7) is 5.16. The van der Waals surface area contributed by atoms with Crippen molar-refractivity contribution in [1.29, 1.82) is 0 Å². The summed E-state index contributed by atoms with van der Waals surface area (Å²) in [5.41, 5.74) is 5.37. The van der Waals surface area contributed by atoms with Crippen LogP contribution in [0.4, 0.5) is 0 Å². The Labute approximate surface area is 106 Å². The molecule has 7 heteroatoms. The van der Waals surface area contributed by atoms with E-state index in [1.807, 2.05) is 0 Å². The second-order valence-corrected chi connectivity index (χ2v) is 4.70. The number of nitrogens with one attached hydrogen (secondary N) is 3. The third-order valence-electron chi connectivity index (χ3n) is 2.29. The minimum atomic E-state index is -2.43. The Balaban J connectivity index is 2.94. The van der Waals surface area contributed by atoms with E-state index < -0.39 is 10.9 Å². The molecule has 0 heterocycles. The van der Waals surface area contributed by atoms with Crippen molar-refractivity contribution in [2.24, 2.45) is 5.73 Å². The zero-order chi connectivity index (χ0) is 12.8. The monoisotopic (exact) mass is 266 g/mol. The fourth-order valence-electron chi connectivity index (χ4n) is 1.36. The standard InChI is InChI=1S/C10H26N4O2S/c11-5-3-8-12-6-1-2-7-13-9-4-10-14-17(15)16/h12-13,17H,1-11H2,(H,14,15,16). The van der Waals surface area contributed by atoms with E-state index in [4.69, 9.17) is 5.73 Å². The lowest BCUT2D eigenvalue weighted by atomic mass is 10.3. The molecule has 5 N–H and O–H groups in total. The molecular weight excluding hydrogens is 240 g/mol. The van der Waals surface area contributed by atoms with Gasteiger partial charge in [0.2, 0.25) is 10.9 Å². The molecule has 0 aromatic rings. The number of unbranched alkanes of at least 4 members (excludes halogenated alkanes) is 1. The zero-order valence-electron chi connectivity index (χ0n) is 10.4. The summed E-state index contributed by atoms with van der Waals surface area (Å²) in [5, 5.41) is 6.60. The van der Waals surface area contributed by atoms with Crippen LogP contribution < -0.4 is 21.1 Å². The van der Waals surface area contributed by atoms with Gasteiger partial charge in [0.15, 0.2) is 0 Å². The second-order valence-electron chi connectivity index (χ2n) is 3.87. The van der Waals surface area contributed by atoms with Gasteiger partial charge in [0.05, 0.1) is 0 Å². The van der Waals surface area contributed by atoms with Crippen molar-refractivity contribution in [2.75, 3.05) is 39.3 Å². The lowest BCUT2D eigenvalue weighted by molar-refractivity contribution is 0.564. The molecule has 0 atom stereocenters. The van der Waals surface area contributed by atoms with Crippen LogP contribution in [0.2, 0.25) is 0 Å². The van der Waals surface area contributed by atoms with E-state index in [1.54, 1.807) is 0 Å². The summed E-state index contributed by atoms with van der Waals surface area (Å²) < 4.78 is 22.7. The first-order valence-corrected chi connectivity index (χ1v) is 7.44. The fourth-order valence-corrected chi connectivity index (χ4v) is 1.70. The summed E-state index contributed by atoms with van der Waals surface area (Å²) in [6.07, 6.45) is 4.16. The molecule has 0 bridgehead atoms. The summed E-state index contributed by atoms with van der Waals surface area (Å²) in [5.74, 6) is 0. The Bertz CT molecular complexity index is 216. The Hall–Kier alpha value is -0.210. The normalized spacial score (nSPS) is 11.2. The maximum Gasteiger partial charge on any atom is 0.201 e. The van der Waals surface area contributed by atoms with Crippen LogP contribution in [0.5, 0.6) is 0 Å². The molecule has 0 radical (unpaired) electrons. The van der Waals surface area contributed by atoms with Gasteiger partial charge in [-0.25, -0.2) is 13.1 Å². The topological polar surface area (TPSA) is 96.2 Å². The smallest absolute Gasteiger partial charge is 0.201 e. The molecular formula is C10H26N4O2S. The SMILES string of the molecule is NCCCNCCCCNCCCN[SH](=O)=O. The van der Waals surface area contributed by atoms with E-state index in [1.165, 1.54) is 0 Å². The predicted octanol–water partition coefficient (Wildman–Crippen LogP) is -1.20. The van der Waals surface area contributed by atoms with Crippen molar-refractivity contribution in [2.45, 2.75) is 25.7 Å². The number of hydrogen-bond acceptors (Lipinski definition) is 5. The van der Waals surface area contributed by atoms with Gasteiger partial charge in [-0.05, 0) is 58.4 Å². The van der Waals surface area contributed by atoms with Crippen molar-refractivity contribution in [3.63, 3.8) is 0 Å². The molecule has 0 aliphatic carbocycles. The highest BCUT2D eigenvalue weighted by Gasteiger charge is 1.91. The number of thiol groups is 1. The Morgan fingerprint density at radius 2 is 1.29 bits per heavy atom. The molecule has 0 aliphatic rings. The average Bonchev–Trinajstić information content (AvgIpc) is 2.30. The van der Waals surface area contributed by atoms with Gasteiger partial charge in [-0.1, -0.05) is 0 Å². The molecule has 6 nitrogen and oxygen atoms in total. The lowest BCUT2D eigenvalue weighted by Gasteiger charge is -2.05. The van der Waals surface area contributed by atoms with Crippen LogP contribution in [-0.2, 0) is 10.9 Å². The van der Waals surface area contributed by atoms with E-state index in [2.05, 4.69) is 15.4 Å². The fraction of sp³-hybridized carbons (Fsp3) is 1.00. The number of nitrogens with two attached hydrogens (primary N) is 1. The first-order valence-electron chi connectivity index (χ1n) is 6.26. The summed E-state index contributed by atoms with van der Waals surface area (Å²) in [6, 6.07) is 0. The van der Waals surface area contributed by atoms with Gasteiger partial charge in [0.25, 0.3) is 0 Å². The van der Waals surface area contributed by atoms with Crippen LogP contribution in [0, 0.1) is 0 Å². The maximum atomic E-state index is 10.2. The van der Waals surface area contributed by atoms with Crippen molar-refractivity contribution in [1.82, 2.24) is 15.4 Å². The molecule has 0 fully saturated rings. The quantitative estimate of drug-likeness (QED) is 0.213. The highest BCUT2D eigenvalue weighted by atomic mass is 32.2. The average molecular weight is 266 g/mol. The molecule has 0 amide bonds. The molecule has 0 unspecified atom stereocenters. The molecule has 0 saturated carbocycles. The molecule has 17 heavy (non-hydrogen) atoms. The van der Waals surface area contributed by atoms with E-state index >= 15 is 0 Å². The summed E-state index contributed by atoms with van der Waals surface area (Å²) in [4.78, 5) is 0. The molecule has 0 rings (SSSR count). The van der Waals surface area contributed by atoms with Gasteiger partial charge >= 0.3 is 0 Å². The van der Waals surface area contributed by atoms with Crippen molar-refractivity contribution in [3.8, 4) is 0 Å². The Kier molecular flexibility index (Phi) is 13.7. The van der Waals surface area contributed by atoms with E-state index in [0.717, 1.165) is 58.4 Å².